The maximum atomic E-state index is 13.4. The van der Waals surface area contributed by atoms with Crippen LogP contribution in [-0.4, -0.2) is 29.3 Å². The zero-order valence-electron chi connectivity index (χ0n) is 13.2. The first-order chi connectivity index (χ1) is 11.4. The standard InChI is InChI=1S/C16H18FN3O4/c1-9(10-2-3-10)18-16(22)11-6-15(21)19(8-11)12-4-5-13(17)14(7-12)20(23)24/h4-5,7,9-11H,2-3,6,8H2,1H3,(H,18,22). The molecule has 7 nitrogen and oxygen atoms in total. The summed E-state index contributed by atoms with van der Waals surface area (Å²) in [5.41, 5.74) is -0.450. The molecule has 1 N–H and O–H groups in total. The van der Waals surface area contributed by atoms with Crippen LogP contribution in [0, 0.1) is 27.8 Å². The van der Waals surface area contributed by atoms with Crippen molar-refractivity contribution in [3.8, 4) is 0 Å². The predicted octanol–water partition coefficient (Wildman–Crippen LogP) is 2.00. The SMILES string of the molecule is CC(NC(=O)C1CC(=O)N(c2ccc(F)c([N+](=O)[O-])c2)C1)C1CC1. The molecule has 3 rings (SSSR count). The number of nitro benzene ring substituents is 1. The molecule has 128 valence electrons. The van der Waals surface area contributed by atoms with Crippen LogP contribution in [-0.2, 0) is 9.59 Å². The smallest absolute Gasteiger partial charge is 0.306 e. The van der Waals surface area contributed by atoms with Gasteiger partial charge in [-0.15, -0.1) is 0 Å². The van der Waals surface area contributed by atoms with Gasteiger partial charge in [0.05, 0.1) is 16.5 Å². The lowest BCUT2D eigenvalue weighted by molar-refractivity contribution is -0.387. The summed E-state index contributed by atoms with van der Waals surface area (Å²) in [7, 11) is 0. The van der Waals surface area contributed by atoms with Gasteiger partial charge in [-0.3, -0.25) is 19.7 Å². The Kier molecular flexibility index (Phi) is 4.21. The normalized spacial score (nSPS) is 21.7. The molecule has 0 bridgehead atoms. The molecule has 1 saturated heterocycles. The number of nitrogens with one attached hydrogen (secondary N) is 1. The van der Waals surface area contributed by atoms with E-state index in [1.165, 1.54) is 11.0 Å². The minimum atomic E-state index is -0.956. The molecule has 2 aliphatic rings. The molecule has 1 heterocycles. The highest BCUT2D eigenvalue weighted by molar-refractivity contribution is 6.00. The molecule has 2 atom stereocenters. The lowest BCUT2D eigenvalue weighted by Gasteiger charge is -2.18. The van der Waals surface area contributed by atoms with Gasteiger partial charge in [0.2, 0.25) is 17.6 Å². The van der Waals surface area contributed by atoms with Crippen molar-refractivity contribution in [2.45, 2.75) is 32.2 Å². The van der Waals surface area contributed by atoms with Gasteiger partial charge in [-0.1, -0.05) is 0 Å². The number of hydrogen-bond acceptors (Lipinski definition) is 4. The van der Waals surface area contributed by atoms with Crippen molar-refractivity contribution in [2.75, 3.05) is 11.4 Å². The first-order valence-electron chi connectivity index (χ1n) is 7.91. The molecule has 2 unspecified atom stereocenters. The molecule has 0 aromatic heterocycles. The number of nitrogens with zero attached hydrogens (tertiary/aromatic N) is 2. The van der Waals surface area contributed by atoms with Gasteiger partial charge in [0.1, 0.15) is 0 Å². The number of carbonyl (C=O) groups excluding carboxylic acids is 2. The summed E-state index contributed by atoms with van der Waals surface area (Å²) in [4.78, 5) is 35.8. The summed E-state index contributed by atoms with van der Waals surface area (Å²) >= 11 is 0. The van der Waals surface area contributed by atoms with E-state index < -0.39 is 22.3 Å². The molecule has 1 aliphatic carbocycles. The first-order valence-corrected chi connectivity index (χ1v) is 7.91. The second kappa shape index (κ2) is 6.18. The highest BCUT2D eigenvalue weighted by Gasteiger charge is 2.37. The second-order valence-electron chi connectivity index (χ2n) is 6.43. The summed E-state index contributed by atoms with van der Waals surface area (Å²) < 4.78 is 13.4. The molecule has 24 heavy (non-hydrogen) atoms. The summed E-state index contributed by atoms with van der Waals surface area (Å²) in [6.45, 7) is 2.10. The zero-order valence-corrected chi connectivity index (χ0v) is 13.2. The number of benzene rings is 1. The van der Waals surface area contributed by atoms with E-state index in [9.17, 15) is 24.1 Å². The third-order valence-corrected chi connectivity index (χ3v) is 4.63. The Labute approximate surface area is 138 Å². The van der Waals surface area contributed by atoms with Gasteiger partial charge in [0.25, 0.3) is 0 Å². The monoisotopic (exact) mass is 335 g/mol. The maximum absolute atomic E-state index is 13.4. The Hall–Kier alpha value is -2.51. The van der Waals surface area contributed by atoms with E-state index in [-0.39, 0.29) is 36.5 Å². The highest BCUT2D eigenvalue weighted by atomic mass is 19.1. The lowest BCUT2D eigenvalue weighted by Crippen LogP contribution is -2.39. The van der Waals surface area contributed by atoms with Crippen LogP contribution in [0.3, 0.4) is 0 Å². The molecule has 2 fully saturated rings. The fraction of sp³-hybridized carbons (Fsp3) is 0.500. The minimum Gasteiger partial charge on any atom is -0.353 e. The molecule has 1 aromatic rings. The molecule has 0 spiro atoms. The van der Waals surface area contributed by atoms with Gasteiger partial charge in [0.15, 0.2) is 0 Å². The molecule has 1 saturated carbocycles. The van der Waals surface area contributed by atoms with Crippen LogP contribution in [0.4, 0.5) is 15.8 Å². The number of rotatable bonds is 5. The molecule has 2 amide bonds. The van der Waals surface area contributed by atoms with E-state index in [4.69, 9.17) is 0 Å². The fourth-order valence-corrected chi connectivity index (χ4v) is 3.00. The van der Waals surface area contributed by atoms with Crippen LogP contribution < -0.4 is 10.2 Å². The van der Waals surface area contributed by atoms with E-state index in [0.717, 1.165) is 25.0 Å². The fourth-order valence-electron chi connectivity index (χ4n) is 3.00. The number of halogens is 1. The Morgan fingerprint density at radius 2 is 2.17 bits per heavy atom. The molecular formula is C16H18FN3O4. The average molecular weight is 335 g/mol. The van der Waals surface area contributed by atoms with Crippen molar-refractivity contribution in [1.82, 2.24) is 5.32 Å². The zero-order chi connectivity index (χ0) is 17.4. The van der Waals surface area contributed by atoms with Crippen LogP contribution in [0.1, 0.15) is 26.2 Å². The van der Waals surface area contributed by atoms with Gasteiger partial charge < -0.3 is 10.2 Å². The van der Waals surface area contributed by atoms with Crippen LogP contribution in [0.5, 0.6) is 0 Å². The van der Waals surface area contributed by atoms with Crippen molar-refractivity contribution >= 4 is 23.2 Å². The van der Waals surface area contributed by atoms with Gasteiger partial charge in [-0.25, -0.2) is 0 Å². The first kappa shape index (κ1) is 16.4. The van der Waals surface area contributed by atoms with Crippen molar-refractivity contribution in [3.63, 3.8) is 0 Å². The average Bonchev–Trinajstić information content (AvgIpc) is 3.30. The van der Waals surface area contributed by atoms with Crippen LogP contribution in [0.2, 0.25) is 0 Å². The van der Waals surface area contributed by atoms with E-state index in [0.29, 0.717) is 5.92 Å². The van der Waals surface area contributed by atoms with Crippen molar-refractivity contribution < 1.29 is 18.9 Å². The van der Waals surface area contributed by atoms with Crippen LogP contribution in [0.25, 0.3) is 0 Å². The Bertz CT molecular complexity index is 705. The Morgan fingerprint density at radius 3 is 2.79 bits per heavy atom. The minimum absolute atomic E-state index is 0.0500. The van der Waals surface area contributed by atoms with E-state index in [1.807, 2.05) is 6.92 Å². The third-order valence-electron chi connectivity index (χ3n) is 4.63. The lowest BCUT2D eigenvalue weighted by atomic mass is 10.1. The largest absolute Gasteiger partial charge is 0.353 e. The van der Waals surface area contributed by atoms with Crippen molar-refractivity contribution in [1.29, 1.82) is 0 Å². The van der Waals surface area contributed by atoms with Crippen molar-refractivity contribution in [2.24, 2.45) is 11.8 Å². The highest BCUT2D eigenvalue weighted by Crippen LogP contribution is 2.33. The molecule has 0 radical (unpaired) electrons. The number of nitro groups is 1. The summed E-state index contributed by atoms with van der Waals surface area (Å²) in [5, 5.41) is 13.8. The van der Waals surface area contributed by atoms with Gasteiger partial charge in [0, 0.05) is 25.1 Å². The number of amides is 2. The Balaban J connectivity index is 1.71. The van der Waals surface area contributed by atoms with Gasteiger partial charge in [-0.2, -0.15) is 4.39 Å². The topological polar surface area (TPSA) is 92.6 Å². The quantitative estimate of drug-likeness (QED) is 0.658. The summed E-state index contributed by atoms with van der Waals surface area (Å²) in [6.07, 6.45) is 2.27. The Morgan fingerprint density at radius 1 is 1.46 bits per heavy atom. The maximum Gasteiger partial charge on any atom is 0.306 e. The molecule has 1 aromatic carbocycles. The number of carbonyl (C=O) groups is 2. The third kappa shape index (κ3) is 3.22. The van der Waals surface area contributed by atoms with E-state index in [2.05, 4.69) is 5.32 Å². The predicted molar refractivity (Wildman–Crippen MR) is 83.8 cm³/mol. The van der Waals surface area contributed by atoms with Crippen molar-refractivity contribution in [3.05, 3.63) is 34.1 Å². The number of anilines is 1. The number of hydrogen-bond donors (Lipinski definition) is 1. The molecular weight excluding hydrogens is 317 g/mol. The molecule has 1 aliphatic heterocycles. The summed E-state index contributed by atoms with van der Waals surface area (Å²) in [6, 6.07) is 3.39. The van der Waals surface area contributed by atoms with Gasteiger partial charge >= 0.3 is 5.69 Å². The van der Waals surface area contributed by atoms with Crippen LogP contribution >= 0.6 is 0 Å². The summed E-state index contributed by atoms with van der Waals surface area (Å²) in [5.74, 6) is -1.41. The van der Waals surface area contributed by atoms with E-state index in [1.54, 1.807) is 0 Å². The molecule has 8 heteroatoms. The van der Waals surface area contributed by atoms with E-state index >= 15 is 0 Å². The van der Waals surface area contributed by atoms with Crippen LogP contribution in [0.15, 0.2) is 18.2 Å². The second-order valence-corrected chi connectivity index (χ2v) is 6.43. The van der Waals surface area contributed by atoms with Gasteiger partial charge in [-0.05, 0) is 37.8 Å².